The fourth-order valence-electron chi connectivity index (χ4n) is 3.12. The van der Waals surface area contributed by atoms with E-state index in [-0.39, 0.29) is 11.9 Å². The number of hydrogen-bond donors (Lipinski definition) is 2. The van der Waals surface area contributed by atoms with E-state index in [1.165, 1.54) is 0 Å². The molecule has 0 spiro atoms. The van der Waals surface area contributed by atoms with Crippen molar-refractivity contribution in [3.63, 3.8) is 0 Å². The minimum absolute atomic E-state index is 0.120. The molecule has 0 atom stereocenters. The first kappa shape index (κ1) is 17.8. The summed E-state index contributed by atoms with van der Waals surface area (Å²) in [7, 11) is 1.57. The number of aromatic nitrogens is 2. The number of aromatic amines is 1. The molecule has 1 saturated carbocycles. The van der Waals surface area contributed by atoms with Gasteiger partial charge in [0, 0.05) is 6.04 Å². The Morgan fingerprint density at radius 1 is 1.29 bits per heavy atom. The van der Waals surface area contributed by atoms with Gasteiger partial charge >= 0.3 is 0 Å². The van der Waals surface area contributed by atoms with Crippen molar-refractivity contribution in [2.24, 2.45) is 0 Å². The van der Waals surface area contributed by atoms with E-state index in [4.69, 9.17) is 10.00 Å². The summed E-state index contributed by atoms with van der Waals surface area (Å²) in [4.78, 5) is 12.6. The number of nitriles is 1. The maximum atomic E-state index is 12.6. The van der Waals surface area contributed by atoms with Gasteiger partial charge < -0.3 is 10.1 Å². The number of carbonyl (C=O) groups is 1. The molecule has 3 aromatic rings. The van der Waals surface area contributed by atoms with Crippen LogP contribution in [0.25, 0.3) is 23.1 Å². The van der Waals surface area contributed by atoms with E-state index >= 15 is 0 Å². The van der Waals surface area contributed by atoms with Crippen molar-refractivity contribution in [2.45, 2.75) is 25.3 Å². The van der Waals surface area contributed by atoms with Crippen LogP contribution < -0.4 is 10.1 Å². The second-order valence-corrected chi connectivity index (χ2v) is 6.84. The fraction of sp³-hybridized carbons (Fsp3) is 0.227. The molecular weight excluding hydrogens is 352 g/mol. The largest absolute Gasteiger partial charge is 0.495 e. The number of fused-ring (bicyclic) bond motifs is 1. The number of hydrogen-bond acceptors (Lipinski definition) is 4. The first-order valence-corrected chi connectivity index (χ1v) is 9.19. The van der Waals surface area contributed by atoms with Gasteiger partial charge in [-0.05, 0) is 42.2 Å². The summed E-state index contributed by atoms with van der Waals surface area (Å²) in [6.45, 7) is 0. The average molecular weight is 372 g/mol. The molecule has 1 aromatic heterocycles. The number of H-pyrrole nitrogens is 1. The van der Waals surface area contributed by atoms with Gasteiger partial charge in [-0.2, -0.15) is 10.4 Å². The van der Waals surface area contributed by atoms with Crippen molar-refractivity contribution >= 4 is 29.0 Å². The van der Waals surface area contributed by atoms with Crippen molar-refractivity contribution in [2.75, 3.05) is 7.11 Å². The molecule has 2 aromatic carbocycles. The number of nitrogens with one attached hydrogen (secondary N) is 2. The number of methoxy groups -OCH3 is 1. The van der Waals surface area contributed by atoms with E-state index in [2.05, 4.69) is 21.6 Å². The van der Waals surface area contributed by atoms with Crippen LogP contribution >= 0.6 is 0 Å². The van der Waals surface area contributed by atoms with Gasteiger partial charge in [-0.15, -0.1) is 0 Å². The van der Waals surface area contributed by atoms with Gasteiger partial charge in [-0.25, -0.2) is 0 Å². The minimum atomic E-state index is -0.120. The van der Waals surface area contributed by atoms with Crippen molar-refractivity contribution in [3.05, 3.63) is 58.8 Å². The lowest BCUT2D eigenvalue weighted by molar-refractivity contribution is 0.0948. The van der Waals surface area contributed by atoms with Crippen molar-refractivity contribution in [3.8, 4) is 11.8 Å². The first-order chi connectivity index (χ1) is 13.7. The summed E-state index contributed by atoms with van der Waals surface area (Å²) in [6.07, 6.45) is 6.30. The Labute approximate surface area is 162 Å². The molecule has 6 heteroatoms. The van der Waals surface area contributed by atoms with Gasteiger partial charge in [-0.1, -0.05) is 30.3 Å². The summed E-state index contributed by atoms with van der Waals surface area (Å²) in [5.41, 5.74) is 4.01. The molecule has 0 saturated heterocycles. The molecule has 1 amide bonds. The third-order valence-electron chi connectivity index (χ3n) is 4.77. The summed E-state index contributed by atoms with van der Waals surface area (Å²) < 4.78 is 5.59. The predicted octanol–water partition coefficient (Wildman–Crippen LogP) is 3.70. The maximum Gasteiger partial charge on any atom is 0.255 e. The third kappa shape index (κ3) is 3.60. The third-order valence-corrected chi connectivity index (χ3v) is 4.77. The van der Waals surface area contributed by atoms with Crippen molar-refractivity contribution in [1.82, 2.24) is 15.5 Å². The van der Waals surface area contributed by atoms with Gasteiger partial charge in [0.1, 0.15) is 5.75 Å². The van der Waals surface area contributed by atoms with Gasteiger partial charge in [0.2, 0.25) is 0 Å². The van der Waals surface area contributed by atoms with E-state index < -0.39 is 0 Å². The highest BCUT2D eigenvalue weighted by Crippen LogP contribution is 2.33. The second-order valence-electron chi connectivity index (χ2n) is 6.84. The monoisotopic (exact) mass is 372 g/mol. The van der Waals surface area contributed by atoms with E-state index in [9.17, 15) is 4.79 Å². The van der Waals surface area contributed by atoms with Gasteiger partial charge in [-0.3, -0.25) is 9.89 Å². The minimum Gasteiger partial charge on any atom is -0.495 e. The maximum absolute atomic E-state index is 12.6. The Morgan fingerprint density at radius 3 is 2.75 bits per heavy atom. The van der Waals surface area contributed by atoms with E-state index in [1.54, 1.807) is 13.2 Å². The zero-order chi connectivity index (χ0) is 19.5. The summed E-state index contributed by atoms with van der Waals surface area (Å²) >= 11 is 0. The lowest BCUT2D eigenvalue weighted by Crippen LogP contribution is -2.25. The Hall–Kier alpha value is -3.59. The van der Waals surface area contributed by atoms with Crippen molar-refractivity contribution < 1.29 is 9.53 Å². The van der Waals surface area contributed by atoms with Crippen LogP contribution in [0.1, 0.15) is 40.0 Å². The second kappa shape index (κ2) is 7.57. The van der Waals surface area contributed by atoms with E-state index in [1.807, 2.05) is 42.5 Å². The molecule has 140 valence electrons. The normalized spacial score (nSPS) is 13.6. The molecule has 1 aliphatic rings. The molecule has 0 radical (unpaired) electrons. The smallest absolute Gasteiger partial charge is 0.255 e. The highest BCUT2D eigenvalue weighted by atomic mass is 16.5. The van der Waals surface area contributed by atoms with E-state index in [0.717, 1.165) is 34.9 Å². The fourth-order valence-corrected chi connectivity index (χ4v) is 3.12. The zero-order valence-corrected chi connectivity index (χ0v) is 15.5. The van der Waals surface area contributed by atoms with Crippen LogP contribution in [-0.2, 0) is 6.42 Å². The summed E-state index contributed by atoms with van der Waals surface area (Å²) in [5, 5.41) is 19.9. The van der Waals surface area contributed by atoms with Crippen LogP contribution in [0.3, 0.4) is 0 Å². The molecule has 0 bridgehead atoms. The van der Waals surface area contributed by atoms with E-state index in [0.29, 0.717) is 23.4 Å². The average Bonchev–Trinajstić information content (AvgIpc) is 3.43. The van der Waals surface area contributed by atoms with Gasteiger partial charge in [0.05, 0.1) is 41.8 Å². The molecule has 4 rings (SSSR count). The first-order valence-electron chi connectivity index (χ1n) is 9.19. The van der Waals surface area contributed by atoms with Crippen LogP contribution in [0, 0.1) is 11.3 Å². The SMILES string of the molecule is COc1c(C(=O)NC2CC2)ccc2[nH]nc(C=Cc3ccc(CC#N)cc3)c12. The van der Waals surface area contributed by atoms with Gasteiger partial charge in [0.15, 0.2) is 0 Å². The molecular formula is C22H20N4O2. The van der Waals surface area contributed by atoms with Crippen LogP contribution in [0.15, 0.2) is 36.4 Å². The van der Waals surface area contributed by atoms with Gasteiger partial charge in [0.25, 0.3) is 5.91 Å². The van der Waals surface area contributed by atoms with Crippen LogP contribution in [0.2, 0.25) is 0 Å². The number of benzene rings is 2. The van der Waals surface area contributed by atoms with Crippen LogP contribution in [0.4, 0.5) is 0 Å². The zero-order valence-electron chi connectivity index (χ0n) is 15.5. The number of rotatable bonds is 6. The number of nitrogens with zero attached hydrogens (tertiary/aromatic N) is 2. The molecule has 1 fully saturated rings. The topological polar surface area (TPSA) is 90.8 Å². The highest BCUT2D eigenvalue weighted by molar-refractivity contribution is 6.05. The Kier molecular flexibility index (Phi) is 4.81. The summed E-state index contributed by atoms with van der Waals surface area (Å²) in [5.74, 6) is 0.402. The Balaban J connectivity index is 1.66. The lowest BCUT2D eigenvalue weighted by Gasteiger charge is -2.10. The Morgan fingerprint density at radius 2 is 2.07 bits per heavy atom. The molecule has 28 heavy (non-hydrogen) atoms. The molecule has 1 aliphatic carbocycles. The van der Waals surface area contributed by atoms with Crippen LogP contribution in [0.5, 0.6) is 5.75 Å². The standard InChI is InChI=1S/C22H20N4O2/c1-28-21-17(22(27)24-16-7-8-16)9-11-19-20(21)18(25-26-19)10-6-14-2-4-15(5-3-14)12-13-23/h2-6,9-11,16H,7-8,12H2,1H3,(H,24,27)(H,25,26). The number of amides is 1. The number of ether oxygens (including phenoxy) is 1. The molecule has 0 unspecified atom stereocenters. The Bertz CT molecular complexity index is 1090. The quantitative estimate of drug-likeness (QED) is 0.690. The van der Waals surface area contributed by atoms with Crippen LogP contribution in [-0.4, -0.2) is 29.3 Å². The predicted molar refractivity (Wildman–Crippen MR) is 108 cm³/mol. The van der Waals surface area contributed by atoms with Crippen molar-refractivity contribution in [1.29, 1.82) is 5.26 Å². The highest BCUT2D eigenvalue weighted by Gasteiger charge is 2.26. The molecule has 1 heterocycles. The molecule has 6 nitrogen and oxygen atoms in total. The number of carbonyl (C=O) groups excluding carboxylic acids is 1. The summed E-state index contributed by atoms with van der Waals surface area (Å²) in [6, 6.07) is 13.8. The lowest BCUT2D eigenvalue weighted by atomic mass is 10.1. The molecule has 2 N–H and O–H groups in total. The molecule has 0 aliphatic heterocycles.